The number of hydrogen-bond acceptors (Lipinski definition) is 2. The average Bonchev–Trinajstić information content (AvgIpc) is 2.08. The van der Waals surface area contributed by atoms with Crippen LogP contribution in [0.25, 0.3) is 0 Å². The Balaban J connectivity index is 2.78. The zero-order valence-electron chi connectivity index (χ0n) is 7.13. The van der Waals surface area contributed by atoms with E-state index >= 15 is 0 Å². The molecule has 0 amide bonds. The lowest BCUT2D eigenvalue weighted by Gasteiger charge is -2.07. The van der Waals surface area contributed by atoms with Gasteiger partial charge in [0.15, 0.2) is 6.79 Å². The van der Waals surface area contributed by atoms with E-state index in [1.807, 2.05) is 0 Å². The second kappa shape index (κ2) is 4.07. The summed E-state index contributed by atoms with van der Waals surface area (Å²) in [4.78, 5) is 0. The predicted molar refractivity (Wildman–Crippen MR) is 43.6 cm³/mol. The van der Waals surface area contributed by atoms with Crippen LogP contribution in [0, 0.1) is 12.7 Å². The van der Waals surface area contributed by atoms with Crippen molar-refractivity contribution < 1.29 is 13.9 Å². The van der Waals surface area contributed by atoms with Gasteiger partial charge in [-0.2, -0.15) is 0 Å². The molecule has 0 heterocycles. The van der Waals surface area contributed by atoms with Crippen LogP contribution in [0.4, 0.5) is 4.39 Å². The lowest BCUT2D eigenvalue weighted by Crippen LogP contribution is -2.00. The molecule has 66 valence electrons. The summed E-state index contributed by atoms with van der Waals surface area (Å²) in [5.41, 5.74) is 0.509. The fourth-order valence-electron chi connectivity index (χ4n) is 0.866. The number of halogens is 1. The van der Waals surface area contributed by atoms with Crippen LogP contribution < -0.4 is 4.74 Å². The molecule has 0 saturated heterocycles. The number of rotatable bonds is 3. The first-order valence-electron chi connectivity index (χ1n) is 3.62. The molecule has 0 aliphatic rings. The lowest BCUT2D eigenvalue weighted by atomic mass is 10.2. The molecule has 0 N–H and O–H groups in total. The Hall–Kier alpha value is -1.09. The summed E-state index contributed by atoms with van der Waals surface area (Å²) in [7, 11) is 1.52. The quantitative estimate of drug-likeness (QED) is 0.647. The summed E-state index contributed by atoms with van der Waals surface area (Å²) in [5.74, 6) is 0.264. The maximum absolute atomic E-state index is 12.9. The van der Waals surface area contributed by atoms with Crippen molar-refractivity contribution in [2.45, 2.75) is 6.92 Å². The van der Waals surface area contributed by atoms with Gasteiger partial charge in [-0.15, -0.1) is 0 Å². The van der Waals surface area contributed by atoms with Crippen LogP contribution in [0.5, 0.6) is 5.75 Å². The molecule has 1 aromatic rings. The molecule has 0 bridgehead atoms. The fourth-order valence-corrected chi connectivity index (χ4v) is 0.866. The Morgan fingerprint density at radius 3 is 2.83 bits per heavy atom. The maximum Gasteiger partial charge on any atom is 0.188 e. The largest absolute Gasteiger partial charge is 0.467 e. The standard InChI is InChI=1S/C9H11FO2/c1-7-8(10)4-3-5-9(7)12-6-11-2/h3-5H,6H2,1-2H3. The molecule has 1 rings (SSSR count). The Labute approximate surface area is 70.9 Å². The van der Waals surface area contributed by atoms with Gasteiger partial charge >= 0.3 is 0 Å². The van der Waals surface area contributed by atoms with Crippen molar-refractivity contribution in [3.63, 3.8) is 0 Å². The number of hydrogen-bond donors (Lipinski definition) is 0. The molecule has 3 heteroatoms. The molecule has 0 unspecified atom stereocenters. The van der Waals surface area contributed by atoms with Crippen LogP contribution in [0.1, 0.15) is 5.56 Å². The third-order valence-electron chi connectivity index (χ3n) is 1.55. The number of ether oxygens (including phenoxy) is 2. The smallest absolute Gasteiger partial charge is 0.188 e. The van der Waals surface area contributed by atoms with Gasteiger partial charge in [0.05, 0.1) is 0 Å². The van der Waals surface area contributed by atoms with E-state index < -0.39 is 0 Å². The minimum atomic E-state index is -0.261. The van der Waals surface area contributed by atoms with Crippen LogP contribution in [-0.2, 0) is 4.74 Å². The third-order valence-corrected chi connectivity index (χ3v) is 1.55. The van der Waals surface area contributed by atoms with Crippen LogP contribution in [-0.4, -0.2) is 13.9 Å². The molecule has 0 aromatic heterocycles. The highest BCUT2D eigenvalue weighted by molar-refractivity contribution is 5.32. The number of methoxy groups -OCH3 is 1. The van der Waals surface area contributed by atoms with Gasteiger partial charge in [-0.25, -0.2) is 4.39 Å². The lowest BCUT2D eigenvalue weighted by molar-refractivity contribution is 0.0504. The highest BCUT2D eigenvalue weighted by Gasteiger charge is 2.02. The minimum absolute atomic E-state index is 0.143. The van der Waals surface area contributed by atoms with Crippen LogP contribution >= 0.6 is 0 Å². The van der Waals surface area contributed by atoms with Crippen molar-refractivity contribution in [1.82, 2.24) is 0 Å². The Morgan fingerprint density at radius 2 is 2.17 bits per heavy atom. The van der Waals surface area contributed by atoms with Gasteiger partial charge in [0.25, 0.3) is 0 Å². The van der Waals surface area contributed by atoms with Crippen LogP contribution in [0.3, 0.4) is 0 Å². The summed E-state index contributed by atoms with van der Waals surface area (Å²) in [5, 5.41) is 0. The molecular weight excluding hydrogens is 159 g/mol. The molecule has 1 aromatic carbocycles. The Bertz CT molecular complexity index is 261. The van der Waals surface area contributed by atoms with E-state index in [0.29, 0.717) is 11.3 Å². The van der Waals surface area contributed by atoms with Crippen molar-refractivity contribution in [2.24, 2.45) is 0 Å². The van der Waals surface area contributed by atoms with E-state index in [1.165, 1.54) is 13.2 Å². The van der Waals surface area contributed by atoms with Gasteiger partial charge in [-0.3, -0.25) is 0 Å². The summed E-state index contributed by atoms with van der Waals surface area (Å²) in [6, 6.07) is 4.71. The van der Waals surface area contributed by atoms with Gasteiger partial charge in [-0.1, -0.05) is 6.07 Å². The molecular formula is C9H11FO2. The van der Waals surface area contributed by atoms with Crippen molar-refractivity contribution in [3.8, 4) is 5.75 Å². The zero-order valence-corrected chi connectivity index (χ0v) is 7.13. The Morgan fingerprint density at radius 1 is 1.42 bits per heavy atom. The SMILES string of the molecule is COCOc1cccc(F)c1C. The van der Waals surface area contributed by atoms with E-state index in [0.717, 1.165) is 0 Å². The summed E-state index contributed by atoms with van der Waals surface area (Å²) in [6.07, 6.45) is 0. The van der Waals surface area contributed by atoms with E-state index in [9.17, 15) is 4.39 Å². The summed E-state index contributed by atoms with van der Waals surface area (Å²) < 4.78 is 22.7. The van der Waals surface area contributed by atoms with Gasteiger partial charge in [0.1, 0.15) is 11.6 Å². The van der Waals surface area contributed by atoms with Gasteiger partial charge in [0.2, 0.25) is 0 Å². The van der Waals surface area contributed by atoms with Crippen molar-refractivity contribution in [3.05, 3.63) is 29.6 Å². The van der Waals surface area contributed by atoms with Crippen molar-refractivity contribution in [2.75, 3.05) is 13.9 Å². The topological polar surface area (TPSA) is 18.5 Å². The minimum Gasteiger partial charge on any atom is -0.467 e. The normalized spacial score (nSPS) is 9.92. The van der Waals surface area contributed by atoms with Crippen molar-refractivity contribution in [1.29, 1.82) is 0 Å². The molecule has 0 saturated carbocycles. The second-order valence-electron chi connectivity index (χ2n) is 2.41. The monoisotopic (exact) mass is 170 g/mol. The van der Waals surface area contributed by atoms with Gasteiger partial charge in [-0.05, 0) is 19.1 Å². The molecule has 0 radical (unpaired) electrons. The first-order valence-corrected chi connectivity index (χ1v) is 3.62. The zero-order chi connectivity index (χ0) is 8.97. The molecule has 0 spiro atoms. The first-order chi connectivity index (χ1) is 5.75. The molecule has 0 atom stereocenters. The summed E-state index contributed by atoms with van der Waals surface area (Å²) in [6.45, 7) is 1.81. The predicted octanol–water partition coefficient (Wildman–Crippen LogP) is 2.12. The highest BCUT2D eigenvalue weighted by atomic mass is 19.1. The molecule has 0 aliphatic heterocycles. The van der Waals surface area contributed by atoms with Crippen LogP contribution in [0.15, 0.2) is 18.2 Å². The van der Waals surface area contributed by atoms with Gasteiger partial charge in [0, 0.05) is 12.7 Å². The Kier molecular flexibility index (Phi) is 3.05. The van der Waals surface area contributed by atoms with E-state index in [4.69, 9.17) is 9.47 Å². The second-order valence-corrected chi connectivity index (χ2v) is 2.41. The first kappa shape index (κ1) is 9.00. The summed E-state index contributed by atoms with van der Waals surface area (Å²) >= 11 is 0. The molecule has 2 nitrogen and oxygen atoms in total. The number of benzene rings is 1. The molecule has 0 fully saturated rings. The van der Waals surface area contributed by atoms with E-state index in [2.05, 4.69) is 0 Å². The van der Waals surface area contributed by atoms with Crippen LogP contribution in [0.2, 0.25) is 0 Å². The molecule has 12 heavy (non-hydrogen) atoms. The van der Waals surface area contributed by atoms with Gasteiger partial charge < -0.3 is 9.47 Å². The maximum atomic E-state index is 12.9. The highest BCUT2D eigenvalue weighted by Crippen LogP contribution is 2.19. The van der Waals surface area contributed by atoms with Crippen molar-refractivity contribution >= 4 is 0 Å². The fraction of sp³-hybridized carbons (Fsp3) is 0.333. The third kappa shape index (κ3) is 1.95. The molecule has 0 aliphatic carbocycles. The van der Waals surface area contributed by atoms with E-state index in [-0.39, 0.29) is 12.6 Å². The average molecular weight is 170 g/mol. The van der Waals surface area contributed by atoms with E-state index in [1.54, 1.807) is 19.1 Å².